The van der Waals surface area contributed by atoms with Crippen LogP contribution in [0.4, 0.5) is 0 Å². The summed E-state index contributed by atoms with van der Waals surface area (Å²) < 4.78 is 0. The predicted octanol–water partition coefficient (Wildman–Crippen LogP) is -1.78. The molecule has 6 unspecified atom stereocenters. The van der Waals surface area contributed by atoms with Gasteiger partial charge in [0.25, 0.3) is 0 Å². The van der Waals surface area contributed by atoms with Gasteiger partial charge in [-0.05, 0) is 37.5 Å². The summed E-state index contributed by atoms with van der Waals surface area (Å²) in [5, 5.41) is 45.7. The summed E-state index contributed by atoms with van der Waals surface area (Å²) in [6.07, 6.45) is -2.92. The number of aromatic hydroxyl groups is 1. The largest absolute Gasteiger partial charge is 0.508 e. The lowest BCUT2D eigenvalue weighted by Gasteiger charge is -2.28. The number of phenolic OH excluding ortho intramolecular Hbond substituents is 1. The van der Waals surface area contributed by atoms with E-state index in [1.165, 1.54) is 38.1 Å². The van der Waals surface area contributed by atoms with Gasteiger partial charge in [0.05, 0.1) is 18.2 Å². The van der Waals surface area contributed by atoms with Crippen LogP contribution >= 0.6 is 0 Å². The fourth-order valence-electron chi connectivity index (χ4n) is 2.94. The molecule has 0 aromatic heterocycles. The third-order valence-electron chi connectivity index (χ3n) is 5.14. The summed E-state index contributed by atoms with van der Waals surface area (Å²) in [4.78, 5) is 49.3. The summed E-state index contributed by atoms with van der Waals surface area (Å²) >= 11 is 0. The minimum Gasteiger partial charge on any atom is -0.508 e. The Hall–Kier alpha value is -3.22. The number of nitrogens with two attached hydrogens (primary N) is 1. The van der Waals surface area contributed by atoms with Crippen molar-refractivity contribution < 1.29 is 39.6 Å². The van der Waals surface area contributed by atoms with E-state index in [0.717, 1.165) is 0 Å². The number of aliphatic hydroxyl groups is 2. The molecule has 0 saturated carbocycles. The highest BCUT2D eigenvalue weighted by Gasteiger charge is 2.34. The van der Waals surface area contributed by atoms with Gasteiger partial charge >= 0.3 is 5.97 Å². The Balaban J connectivity index is 2.95. The van der Waals surface area contributed by atoms with E-state index < -0.39 is 60.1 Å². The highest BCUT2D eigenvalue weighted by atomic mass is 16.4. The predicted molar refractivity (Wildman–Crippen MR) is 121 cm³/mol. The molecule has 0 saturated heterocycles. The first kappa shape index (κ1) is 28.8. The zero-order chi connectivity index (χ0) is 26.2. The van der Waals surface area contributed by atoms with Gasteiger partial charge < -0.3 is 42.1 Å². The van der Waals surface area contributed by atoms with Gasteiger partial charge in [-0.2, -0.15) is 0 Å². The van der Waals surface area contributed by atoms with E-state index in [1.807, 2.05) is 0 Å². The zero-order valence-electron chi connectivity index (χ0n) is 19.6. The normalized spacial score (nSPS) is 16.5. The number of benzene rings is 1. The first-order chi connectivity index (χ1) is 15.7. The molecule has 6 atom stereocenters. The fraction of sp³-hybridized carbons (Fsp3) is 0.545. The number of carbonyl (C=O) groups excluding carboxylic acids is 3. The first-order valence-corrected chi connectivity index (χ1v) is 10.8. The Kier molecular flexibility index (Phi) is 10.9. The average molecular weight is 483 g/mol. The standard InChI is InChI=1S/C22H34N4O8/c1-10(2)16(23)19(30)25-18(12(4)28)21(32)26-17(11(3)27)20(31)24-15(22(33)34)9-13-5-7-14(29)8-6-13/h5-8,10-12,15-18,27-29H,9,23H2,1-4H3,(H,24,31)(H,25,30)(H,26,32)(H,33,34). The van der Waals surface area contributed by atoms with Crippen LogP contribution in [0.5, 0.6) is 5.75 Å². The lowest BCUT2D eigenvalue weighted by atomic mass is 10.0. The molecular formula is C22H34N4O8. The minimum absolute atomic E-state index is 0.00866. The van der Waals surface area contributed by atoms with E-state index in [2.05, 4.69) is 16.0 Å². The monoisotopic (exact) mass is 482 g/mol. The Morgan fingerprint density at radius 3 is 1.68 bits per heavy atom. The number of amides is 3. The van der Waals surface area contributed by atoms with Crippen LogP contribution in [-0.4, -0.2) is 80.5 Å². The lowest BCUT2D eigenvalue weighted by Crippen LogP contribution is -2.62. The Bertz CT molecular complexity index is 857. The second-order valence-electron chi connectivity index (χ2n) is 8.49. The van der Waals surface area contributed by atoms with E-state index in [9.17, 15) is 39.6 Å². The van der Waals surface area contributed by atoms with Crippen molar-refractivity contribution in [3.05, 3.63) is 29.8 Å². The average Bonchev–Trinajstić information content (AvgIpc) is 2.74. The number of carboxylic acids is 1. The van der Waals surface area contributed by atoms with E-state index in [0.29, 0.717) is 5.56 Å². The number of aliphatic hydroxyl groups excluding tert-OH is 2. The van der Waals surface area contributed by atoms with Crippen molar-refractivity contribution in [2.24, 2.45) is 11.7 Å². The van der Waals surface area contributed by atoms with Gasteiger partial charge in [-0.3, -0.25) is 14.4 Å². The summed E-state index contributed by atoms with van der Waals surface area (Å²) in [6.45, 7) is 5.87. The number of carbonyl (C=O) groups is 4. The molecule has 0 radical (unpaired) electrons. The Morgan fingerprint density at radius 2 is 1.26 bits per heavy atom. The van der Waals surface area contributed by atoms with Crippen LogP contribution in [0.3, 0.4) is 0 Å². The van der Waals surface area contributed by atoms with E-state index in [4.69, 9.17) is 5.73 Å². The molecule has 34 heavy (non-hydrogen) atoms. The molecule has 12 nitrogen and oxygen atoms in total. The molecule has 0 spiro atoms. The number of hydrogen-bond acceptors (Lipinski definition) is 8. The number of aliphatic carboxylic acids is 1. The maximum absolute atomic E-state index is 12.7. The van der Waals surface area contributed by atoms with Crippen LogP contribution in [0, 0.1) is 5.92 Å². The lowest BCUT2D eigenvalue weighted by molar-refractivity contribution is -0.143. The van der Waals surface area contributed by atoms with E-state index in [1.54, 1.807) is 13.8 Å². The van der Waals surface area contributed by atoms with Gasteiger partial charge in [0.1, 0.15) is 23.9 Å². The zero-order valence-corrected chi connectivity index (χ0v) is 19.6. The molecule has 0 aliphatic rings. The number of rotatable bonds is 12. The molecule has 1 rings (SSSR count). The first-order valence-electron chi connectivity index (χ1n) is 10.8. The third kappa shape index (κ3) is 8.61. The second-order valence-corrected chi connectivity index (χ2v) is 8.49. The Morgan fingerprint density at radius 1 is 0.824 bits per heavy atom. The molecule has 0 bridgehead atoms. The van der Waals surface area contributed by atoms with Gasteiger partial charge in [-0.25, -0.2) is 4.79 Å². The fourth-order valence-corrected chi connectivity index (χ4v) is 2.94. The highest BCUT2D eigenvalue weighted by molar-refractivity contribution is 5.94. The molecule has 190 valence electrons. The maximum Gasteiger partial charge on any atom is 0.326 e. The van der Waals surface area contributed by atoms with Crippen LogP contribution in [0.15, 0.2) is 24.3 Å². The van der Waals surface area contributed by atoms with E-state index in [-0.39, 0.29) is 18.1 Å². The van der Waals surface area contributed by atoms with Crippen molar-refractivity contribution in [3.63, 3.8) is 0 Å². The van der Waals surface area contributed by atoms with Gasteiger partial charge in [-0.15, -0.1) is 0 Å². The topological polar surface area (TPSA) is 211 Å². The quantitative estimate of drug-likeness (QED) is 0.169. The van der Waals surface area contributed by atoms with Gasteiger partial charge in [0.2, 0.25) is 17.7 Å². The molecule has 0 heterocycles. The van der Waals surface area contributed by atoms with Crippen molar-refractivity contribution >= 4 is 23.7 Å². The van der Waals surface area contributed by atoms with Gasteiger partial charge in [0, 0.05) is 6.42 Å². The van der Waals surface area contributed by atoms with Crippen LogP contribution in [0.25, 0.3) is 0 Å². The number of hydrogen-bond donors (Lipinski definition) is 8. The molecule has 0 fully saturated rings. The van der Waals surface area contributed by atoms with Crippen molar-refractivity contribution in [1.29, 1.82) is 0 Å². The molecule has 3 amide bonds. The number of nitrogens with one attached hydrogen (secondary N) is 3. The van der Waals surface area contributed by atoms with Crippen LogP contribution in [-0.2, 0) is 25.6 Å². The summed E-state index contributed by atoms with van der Waals surface area (Å²) in [5.41, 5.74) is 6.28. The van der Waals surface area contributed by atoms with Crippen molar-refractivity contribution in [2.45, 2.75) is 70.5 Å². The Labute approximate surface area is 197 Å². The second kappa shape index (κ2) is 12.9. The van der Waals surface area contributed by atoms with Crippen molar-refractivity contribution in [3.8, 4) is 5.75 Å². The summed E-state index contributed by atoms with van der Waals surface area (Å²) in [7, 11) is 0. The van der Waals surface area contributed by atoms with Crippen molar-refractivity contribution in [1.82, 2.24) is 16.0 Å². The summed E-state index contributed by atoms with van der Waals surface area (Å²) in [6, 6.07) is 0.318. The molecule has 0 aliphatic heterocycles. The molecule has 1 aromatic rings. The van der Waals surface area contributed by atoms with Crippen LogP contribution in [0.2, 0.25) is 0 Å². The third-order valence-corrected chi connectivity index (χ3v) is 5.14. The minimum atomic E-state index is -1.58. The SMILES string of the molecule is CC(C)C(N)C(=O)NC(C(=O)NC(C(=O)NC(Cc1ccc(O)cc1)C(=O)O)C(C)O)C(C)O. The molecule has 1 aromatic carbocycles. The molecule has 12 heteroatoms. The van der Waals surface area contributed by atoms with Crippen molar-refractivity contribution in [2.75, 3.05) is 0 Å². The smallest absolute Gasteiger partial charge is 0.326 e. The molecule has 9 N–H and O–H groups in total. The number of carboxylic acid groups (broad SMARTS) is 1. The van der Waals surface area contributed by atoms with Gasteiger partial charge in [-0.1, -0.05) is 26.0 Å². The highest BCUT2D eigenvalue weighted by Crippen LogP contribution is 2.12. The van der Waals surface area contributed by atoms with Crippen LogP contribution in [0.1, 0.15) is 33.3 Å². The molecule has 0 aliphatic carbocycles. The molecular weight excluding hydrogens is 448 g/mol. The maximum atomic E-state index is 12.7. The summed E-state index contributed by atoms with van der Waals surface area (Å²) in [5.74, 6) is -4.24. The van der Waals surface area contributed by atoms with Gasteiger partial charge in [0.15, 0.2) is 0 Å². The van der Waals surface area contributed by atoms with E-state index >= 15 is 0 Å². The number of phenols is 1. The van der Waals surface area contributed by atoms with Crippen LogP contribution < -0.4 is 21.7 Å².